The van der Waals surface area contributed by atoms with E-state index >= 15 is 0 Å². The van der Waals surface area contributed by atoms with Gasteiger partial charge in [0.2, 0.25) is 0 Å². The van der Waals surface area contributed by atoms with Crippen LogP contribution in [0.2, 0.25) is 0 Å². The second kappa shape index (κ2) is 5.33. The third-order valence-corrected chi connectivity index (χ3v) is 7.44. The van der Waals surface area contributed by atoms with Crippen LogP contribution in [-0.4, -0.2) is 48.3 Å². The number of ether oxygens (including phenoxy) is 1. The molecule has 0 bridgehead atoms. The van der Waals surface area contributed by atoms with Gasteiger partial charge in [0, 0.05) is 22.8 Å². The first-order chi connectivity index (χ1) is 12.5. The molecule has 138 valence electrons. The lowest BCUT2D eigenvalue weighted by molar-refractivity contribution is -0.138. The summed E-state index contributed by atoms with van der Waals surface area (Å²) in [6.45, 7) is 3.99. The predicted molar refractivity (Wildman–Crippen MR) is 98.7 cm³/mol. The number of rotatable bonds is 2. The molecule has 5 nitrogen and oxygen atoms in total. The fourth-order valence-corrected chi connectivity index (χ4v) is 6.48. The van der Waals surface area contributed by atoms with E-state index in [2.05, 4.69) is 28.4 Å². The summed E-state index contributed by atoms with van der Waals surface area (Å²) in [4.78, 5) is 15.3. The van der Waals surface area contributed by atoms with Gasteiger partial charge in [0.15, 0.2) is 0 Å². The van der Waals surface area contributed by atoms with Crippen molar-refractivity contribution in [3.8, 4) is 0 Å². The minimum Gasteiger partial charge on any atom is -0.466 e. The van der Waals surface area contributed by atoms with Crippen molar-refractivity contribution in [3.63, 3.8) is 0 Å². The average Bonchev–Trinajstić information content (AvgIpc) is 3.21. The summed E-state index contributed by atoms with van der Waals surface area (Å²) in [6.07, 6.45) is 3.10. The van der Waals surface area contributed by atoms with Gasteiger partial charge in [0.25, 0.3) is 0 Å². The van der Waals surface area contributed by atoms with Crippen molar-refractivity contribution in [1.29, 1.82) is 0 Å². The number of esters is 1. The predicted octanol–water partition coefficient (Wildman–Crippen LogP) is 2.42. The van der Waals surface area contributed by atoms with E-state index in [4.69, 9.17) is 4.74 Å². The molecule has 0 aromatic heterocycles. The van der Waals surface area contributed by atoms with E-state index in [1.807, 2.05) is 13.0 Å². The summed E-state index contributed by atoms with van der Waals surface area (Å²) >= 11 is 0. The molecule has 4 aliphatic rings. The van der Waals surface area contributed by atoms with Gasteiger partial charge in [0.05, 0.1) is 24.2 Å². The number of hydrogen-bond donors (Lipinski definition) is 2. The van der Waals surface area contributed by atoms with Crippen LogP contribution in [0.5, 0.6) is 0 Å². The van der Waals surface area contributed by atoms with E-state index < -0.39 is 6.10 Å². The van der Waals surface area contributed by atoms with Gasteiger partial charge >= 0.3 is 5.97 Å². The topological polar surface area (TPSA) is 61.8 Å². The van der Waals surface area contributed by atoms with Crippen molar-refractivity contribution in [2.45, 2.75) is 50.2 Å². The van der Waals surface area contributed by atoms with Crippen LogP contribution in [0.15, 0.2) is 35.5 Å². The Hall–Kier alpha value is -1.85. The molecule has 0 amide bonds. The quantitative estimate of drug-likeness (QED) is 0.799. The Kier molecular flexibility index (Phi) is 3.35. The maximum atomic E-state index is 12.8. The molecule has 1 spiro atoms. The number of anilines is 1. The highest BCUT2D eigenvalue weighted by Crippen LogP contribution is 2.65. The fraction of sp³-hybridized carbons (Fsp3) is 0.571. The van der Waals surface area contributed by atoms with Gasteiger partial charge in [-0.1, -0.05) is 18.2 Å². The summed E-state index contributed by atoms with van der Waals surface area (Å²) in [5.41, 5.74) is 3.57. The smallest absolute Gasteiger partial charge is 0.335 e. The second-order valence-electron chi connectivity index (χ2n) is 8.37. The zero-order valence-electron chi connectivity index (χ0n) is 15.4. The van der Waals surface area contributed by atoms with Crippen LogP contribution in [-0.2, 0) is 14.9 Å². The summed E-state index contributed by atoms with van der Waals surface area (Å²) < 4.78 is 5.17. The molecule has 2 fully saturated rings. The molecule has 3 heterocycles. The Bertz CT molecular complexity index is 817. The second-order valence-corrected chi connectivity index (χ2v) is 8.37. The normalized spacial score (nSPS) is 36.0. The number of nitrogens with one attached hydrogen (secondary N) is 1. The van der Waals surface area contributed by atoms with E-state index in [1.165, 1.54) is 12.7 Å². The van der Waals surface area contributed by atoms with Crippen molar-refractivity contribution in [2.75, 3.05) is 25.5 Å². The van der Waals surface area contributed by atoms with E-state index in [9.17, 15) is 9.90 Å². The van der Waals surface area contributed by atoms with Gasteiger partial charge in [0.1, 0.15) is 0 Å². The Morgan fingerprint density at radius 3 is 2.92 bits per heavy atom. The largest absolute Gasteiger partial charge is 0.466 e. The van der Waals surface area contributed by atoms with Crippen LogP contribution in [0, 0.1) is 5.41 Å². The zero-order valence-corrected chi connectivity index (χ0v) is 15.4. The summed E-state index contributed by atoms with van der Waals surface area (Å²) in [5, 5.41) is 14.5. The molecule has 5 rings (SSSR count). The average molecular weight is 354 g/mol. The highest BCUT2D eigenvalue weighted by Gasteiger charge is 2.67. The Labute approximate surface area is 154 Å². The van der Waals surface area contributed by atoms with Gasteiger partial charge in [-0.05, 0) is 57.3 Å². The molecule has 0 saturated carbocycles. The van der Waals surface area contributed by atoms with E-state index in [0.29, 0.717) is 6.42 Å². The lowest BCUT2D eigenvalue weighted by Gasteiger charge is -2.57. The van der Waals surface area contributed by atoms with Gasteiger partial charge in [-0.25, -0.2) is 4.79 Å². The highest BCUT2D eigenvalue weighted by molar-refractivity contribution is 5.93. The molecule has 4 unspecified atom stereocenters. The van der Waals surface area contributed by atoms with Crippen LogP contribution < -0.4 is 5.32 Å². The number of aliphatic hydroxyl groups is 1. The third-order valence-electron chi connectivity index (χ3n) is 7.44. The first-order valence-electron chi connectivity index (χ1n) is 9.65. The zero-order chi connectivity index (χ0) is 18.1. The Morgan fingerprint density at radius 2 is 2.15 bits per heavy atom. The van der Waals surface area contributed by atoms with Gasteiger partial charge < -0.3 is 15.2 Å². The van der Waals surface area contributed by atoms with Crippen LogP contribution in [0.3, 0.4) is 0 Å². The van der Waals surface area contributed by atoms with Crippen molar-refractivity contribution >= 4 is 11.7 Å². The number of benzene rings is 1. The third kappa shape index (κ3) is 1.75. The molecule has 1 aliphatic carbocycles. The summed E-state index contributed by atoms with van der Waals surface area (Å²) in [5.74, 6) is -0.262. The first-order valence-corrected chi connectivity index (χ1v) is 9.65. The first kappa shape index (κ1) is 16.3. The Morgan fingerprint density at radius 1 is 1.35 bits per heavy atom. The molecular weight excluding hydrogens is 328 g/mol. The molecule has 26 heavy (non-hydrogen) atoms. The van der Waals surface area contributed by atoms with Gasteiger partial charge in [-0.3, -0.25) is 4.90 Å². The number of fused-ring (bicyclic) bond motifs is 1. The number of methoxy groups -OCH3 is 1. The molecule has 5 heteroatoms. The summed E-state index contributed by atoms with van der Waals surface area (Å²) in [7, 11) is 1.45. The standard InChI is InChI=1S/C21H26N2O3/c1-13(24)20-8-5-10-23-11-9-21(19(20)23)15-6-3-4-7-16(15)22-17(21)14(12-20)18(25)26-2/h3-4,6-7,13,19,22,24H,5,8-12H2,1-2H3. The monoisotopic (exact) mass is 354 g/mol. The minimum absolute atomic E-state index is 0.225. The lowest BCUT2D eigenvalue weighted by Crippen LogP contribution is -2.63. The minimum atomic E-state index is -0.473. The van der Waals surface area contributed by atoms with E-state index in [1.54, 1.807) is 0 Å². The maximum absolute atomic E-state index is 12.8. The van der Waals surface area contributed by atoms with Gasteiger partial charge in [-0.15, -0.1) is 0 Å². The Balaban J connectivity index is 1.82. The molecule has 2 saturated heterocycles. The number of carbonyl (C=O) groups is 1. The number of nitrogens with zero attached hydrogens (tertiary/aromatic N) is 1. The molecular formula is C21H26N2O3. The number of aliphatic hydroxyl groups excluding tert-OH is 1. The fourth-order valence-electron chi connectivity index (χ4n) is 6.48. The van der Waals surface area contributed by atoms with Crippen LogP contribution >= 0.6 is 0 Å². The van der Waals surface area contributed by atoms with E-state index in [0.717, 1.165) is 49.3 Å². The SMILES string of the molecule is COC(=O)C1=C2Nc3ccccc3C23CCN2CCCC(C(C)O)(C1)C23. The van der Waals surface area contributed by atoms with Crippen molar-refractivity contribution < 1.29 is 14.6 Å². The number of para-hydroxylation sites is 1. The van der Waals surface area contributed by atoms with Gasteiger partial charge in [-0.2, -0.15) is 0 Å². The molecule has 2 N–H and O–H groups in total. The van der Waals surface area contributed by atoms with E-state index in [-0.39, 0.29) is 22.8 Å². The number of piperidine rings is 1. The van der Waals surface area contributed by atoms with Crippen molar-refractivity contribution in [2.24, 2.45) is 5.41 Å². The number of carbonyl (C=O) groups excluding carboxylic acids is 1. The van der Waals surface area contributed by atoms with Crippen molar-refractivity contribution in [3.05, 3.63) is 41.1 Å². The maximum Gasteiger partial charge on any atom is 0.335 e. The van der Waals surface area contributed by atoms with Crippen molar-refractivity contribution in [1.82, 2.24) is 4.90 Å². The highest BCUT2D eigenvalue weighted by atomic mass is 16.5. The van der Waals surface area contributed by atoms with Crippen LogP contribution in [0.1, 0.15) is 38.2 Å². The van der Waals surface area contributed by atoms with Crippen LogP contribution in [0.25, 0.3) is 0 Å². The van der Waals surface area contributed by atoms with Crippen LogP contribution in [0.4, 0.5) is 5.69 Å². The summed E-state index contributed by atoms with van der Waals surface area (Å²) in [6, 6.07) is 8.64. The number of hydrogen-bond acceptors (Lipinski definition) is 5. The molecule has 3 aliphatic heterocycles. The molecule has 1 aromatic rings. The molecule has 0 radical (unpaired) electrons. The molecule has 1 aromatic carbocycles. The lowest BCUT2D eigenvalue weighted by atomic mass is 9.53. The molecule has 4 atom stereocenters.